The Morgan fingerprint density at radius 2 is 0.919 bits per heavy atom. The molecule has 0 saturated carbocycles. The van der Waals surface area contributed by atoms with E-state index in [2.05, 4.69) is 31.4 Å². The average molecular weight is 1060 g/mol. The van der Waals surface area contributed by atoms with Crippen LogP contribution in [0.2, 0.25) is 0 Å². The monoisotopic (exact) mass is 1050 g/mol. The van der Waals surface area contributed by atoms with Gasteiger partial charge in [0.1, 0.15) is 36.7 Å². The van der Waals surface area contributed by atoms with Crippen LogP contribution in [-0.4, -0.2) is 118 Å². The summed E-state index contributed by atoms with van der Waals surface area (Å²) in [6, 6.07) is -2.92. The Morgan fingerprint density at radius 1 is 0.514 bits per heavy atom. The van der Waals surface area contributed by atoms with E-state index in [1.807, 2.05) is 0 Å². The summed E-state index contributed by atoms with van der Waals surface area (Å²) < 4.78 is 23.3. The first kappa shape index (κ1) is 68.3. The van der Waals surface area contributed by atoms with E-state index in [0.717, 1.165) is 77.0 Å². The van der Waals surface area contributed by atoms with Gasteiger partial charge in [-0.3, -0.25) is 38.9 Å². The molecule has 0 aromatic rings. The summed E-state index contributed by atoms with van der Waals surface area (Å²) in [7, 11) is 0. The van der Waals surface area contributed by atoms with E-state index in [4.69, 9.17) is 18.9 Å². The number of Topliss-reactive ketones (excluding diaryl/α,β-unsaturated/α-hetero) is 1. The molecule has 1 fully saturated rings. The van der Waals surface area contributed by atoms with Gasteiger partial charge in [0.15, 0.2) is 12.4 Å². The third kappa shape index (κ3) is 36.3. The van der Waals surface area contributed by atoms with Gasteiger partial charge in [-0.25, -0.2) is 0 Å². The number of hydrogen-bond acceptors (Lipinski definition) is 13. The third-order valence-electron chi connectivity index (χ3n) is 13.8. The van der Waals surface area contributed by atoms with Gasteiger partial charge in [0.05, 0.1) is 31.9 Å². The lowest BCUT2D eigenvalue weighted by Crippen LogP contribution is -2.66. The first-order valence-corrected chi connectivity index (χ1v) is 29.3. The van der Waals surface area contributed by atoms with Crippen LogP contribution in [0.15, 0.2) is 0 Å². The fraction of sp³-hybridized carbons (Fsp3) is 0.877. The van der Waals surface area contributed by atoms with Gasteiger partial charge < -0.3 is 44.7 Å². The number of hydrogen-bond donors (Lipinski definition) is 6. The molecule has 0 spiro atoms. The minimum atomic E-state index is -1.76. The normalized spacial score (nSPS) is 18.0. The summed E-state index contributed by atoms with van der Waals surface area (Å²) in [6.45, 7) is 5.59. The number of rotatable bonds is 51. The molecule has 1 aliphatic rings. The first-order valence-electron chi connectivity index (χ1n) is 29.3. The molecular weight excluding hydrogens is 953 g/mol. The van der Waals surface area contributed by atoms with Crippen LogP contribution in [0.1, 0.15) is 265 Å². The van der Waals surface area contributed by atoms with Gasteiger partial charge >= 0.3 is 29.8 Å². The molecule has 0 radical (unpaired) electrons. The number of ketones is 1. The maximum absolute atomic E-state index is 13.6. The zero-order valence-electron chi connectivity index (χ0n) is 46.1. The molecular formula is C57H102N2O15. The lowest BCUT2D eigenvalue weighted by Gasteiger charge is -2.44. The van der Waals surface area contributed by atoms with Crippen molar-refractivity contribution in [2.45, 2.75) is 308 Å². The number of esters is 2. The number of aliphatic hydroxyl groups excluding tert-OH is 1. The number of aliphatic carboxylic acids is 3. The van der Waals surface area contributed by atoms with E-state index in [0.29, 0.717) is 19.3 Å². The van der Waals surface area contributed by atoms with Crippen molar-refractivity contribution in [1.82, 2.24) is 10.6 Å². The molecule has 1 saturated heterocycles. The SMILES string of the molecule is CCCCCCCCCCCCCC(=O)N[C@H]1[C@@H](OC(CC(=O)O)CC(=O)O)O[C@H](COC(=O)CC(NCC(=O)CCCCCCCCCCCC)C(=O)O)[C@@H](O)[C@@H]1OC(=O)CCCCCCCCCCCCC. The minimum absolute atomic E-state index is 0.0162. The highest BCUT2D eigenvalue weighted by molar-refractivity contribution is 5.84. The van der Waals surface area contributed by atoms with Gasteiger partial charge in [-0.2, -0.15) is 0 Å². The van der Waals surface area contributed by atoms with Crippen molar-refractivity contribution in [1.29, 1.82) is 0 Å². The number of aliphatic hydroxyl groups is 1. The summed E-state index contributed by atoms with van der Waals surface area (Å²) >= 11 is 0. The van der Waals surface area contributed by atoms with Crippen molar-refractivity contribution in [3.8, 4) is 0 Å². The number of ether oxygens (including phenoxy) is 4. The van der Waals surface area contributed by atoms with Crippen molar-refractivity contribution < 1.29 is 72.9 Å². The maximum Gasteiger partial charge on any atom is 0.321 e. The van der Waals surface area contributed by atoms with E-state index in [9.17, 15) is 54.0 Å². The quantitative estimate of drug-likeness (QED) is 0.0244. The smallest absolute Gasteiger partial charge is 0.321 e. The van der Waals surface area contributed by atoms with Crippen LogP contribution in [0.4, 0.5) is 0 Å². The van der Waals surface area contributed by atoms with Crippen molar-refractivity contribution >= 4 is 41.5 Å². The highest BCUT2D eigenvalue weighted by Gasteiger charge is 2.50. The molecule has 0 aliphatic carbocycles. The molecule has 6 atom stereocenters. The van der Waals surface area contributed by atoms with Crippen LogP contribution in [0.25, 0.3) is 0 Å². The number of carbonyl (C=O) groups is 7. The number of carbonyl (C=O) groups excluding carboxylic acids is 4. The van der Waals surface area contributed by atoms with Crippen LogP contribution in [0.3, 0.4) is 0 Å². The highest BCUT2D eigenvalue weighted by Crippen LogP contribution is 2.29. The molecule has 1 unspecified atom stereocenters. The Labute approximate surface area is 444 Å². The second-order valence-corrected chi connectivity index (χ2v) is 20.7. The van der Waals surface area contributed by atoms with Crippen molar-refractivity contribution in [3.05, 3.63) is 0 Å². The summed E-state index contributed by atoms with van der Waals surface area (Å²) in [4.78, 5) is 88.8. The summed E-state index contributed by atoms with van der Waals surface area (Å²) in [6.07, 6.45) is 24.4. The first-order chi connectivity index (χ1) is 35.7. The average Bonchev–Trinajstić information content (AvgIpc) is 3.35. The van der Waals surface area contributed by atoms with Gasteiger partial charge in [0.2, 0.25) is 5.91 Å². The molecule has 0 aromatic heterocycles. The fourth-order valence-corrected chi connectivity index (χ4v) is 9.35. The molecule has 0 bridgehead atoms. The highest BCUT2D eigenvalue weighted by atomic mass is 16.7. The van der Waals surface area contributed by atoms with Gasteiger partial charge in [0.25, 0.3) is 0 Å². The predicted molar refractivity (Wildman–Crippen MR) is 284 cm³/mol. The maximum atomic E-state index is 13.6. The topological polar surface area (TPSA) is 261 Å². The van der Waals surface area contributed by atoms with Crippen LogP contribution >= 0.6 is 0 Å². The Bertz CT molecular complexity index is 1500. The van der Waals surface area contributed by atoms with Crippen LogP contribution in [-0.2, 0) is 52.5 Å². The van der Waals surface area contributed by atoms with Crippen LogP contribution in [0.5, 0.6) is 0 Å². The Kier molecular flexibility index (Phi) is 42.0. The predicted octanol–water partition coefficient (Wildman–Crippen LogP) is 11.1. The Morgan fingerprint density at radius 3 is 1.34 bits per heavy atom. The van der Waals surface area contributed by atoms with Gasteiger partial charge in [-0.05, 0) is 19.3 Å². The third-order valence-corrected chi connectivity index (χ3v) is 13.8. The van der Waals surface area contributed by atoms with Gasteiger partial charge in [-0.1, -0.05) is 207 Å². The van der Waals surface area contributed by atoms with Crippen molar-refractivity contribution in [2.24, 2.45) is 0 Å². The largest absolute Gasteiger partial charge is 0.481 e. The molecule has 1 amide bonds. The molecule has 17 heteroatoms. The zero-order chi connectivity index (χ0) is 54.6. The molecule has 0 aromatic carbocycles. The van der Waals surface area contributed by atoms with E-state index in [1.54, 1.807) is 0 Å². The molecule has 1 heterocycles. The number of carboxylic acids is 3. The number of nitrogens with one attached hydrogen (secondary N) is 2. The summed E-state index contributed by atoms with van der Waals surface area (Å²) in [5, 5.41) is 46.4. The lowest BCUT2D eigenvalue weighted by atomic mass is 9.95. The number of amides is 1. The van der Waals surface area contributed by atoms with E-state index >= 15 is 0 Å². The van der Waals surface area contributed by atoms with Gasteiger partial charge in [-0.15, -0.1) is 0 Å². The second kappa shape index (κ2) is 45.5. The van der Waals surface area contributed by atoms with Gasteiger partial charge in [0, 0.05) is 19.3 Å². The Balaban J connectivity index is 3.10. The van der Waals surface area contributed by atoms with E-state index < -0.39 is 104 Å². The van der Waals surface area contributed by atoms with Crippen molar-refractivity contribution in [2.75, 3.05) is 13.2 Å². The molecule has 17 nitrogen and oxygen atoms in total. The minimum Gasteiger partial charge on any atom is -0.481 e. The zero-order valence-corrected chi connectivity index (χ0v) is 46.1. The van der Waals surface area contributed by atoms with E-state index in [-0.39, 0.29) is 31.6 Å². The number of unbranched alkanes of at least 4 members (excludes halogenated alkanes) is 29. The lowest BCUT2D eigenvalue weighted by molar-refractivity contribution is -0.286. The summed E-state index contributed by atoms with van der Waals surface area (Å²) in [5.41, 5.74) is 0. The molecule has 74 heavy (non-hydrogen) atoms. The standard InChI is InChI=1S/C57H102N2O15/c1-4-7-10-13-16-19-22-25-28-31-34-37-48(61)59-53-55(74-51(66)38-35-32-29-26-23-20-17-14-11-8-5-2)54(68)47(73-57(53)72-45(39-49(62)63)40-50(64)65)43-71-52(67)41-46(56(69)70)58-42-44(60)36-33-30-27-24-21-18-15-12-9-6-3/h45-47,53-55,57-58,68H,4-43H2,1-3H3,(H,59,61)(H,62,63)(H,64,65)(H,69,70)/t46?,47-,53-,54-,55-,57+/m1/s1. The van der Waals surface area contributed by atoms with Crippen LogP contribution in [0, 0.1) is 0 Å². The fourth-order valence-electron chi connectivity index (χ4n) is 9.35. The van der Waals surface area contributed by atoms with Crippen molar-refractivity contribution in [3.63, 3.8) is 0 Å². The molecule has 1 rings (SSSR count). The summed E-state index contributed by atoms with van der Waals surface area (Å²) in [5.74, 6) is -6.57. The molecule has 430 valence electrons. The number of carboxylic acid groups (broad SMARTS) is 3. The molecule has 1 aliphatic heterocycles. The molecule has 6 N–H and O–H groups in total. The van der Waals surface area contributed by atoms with E-state index in [1.165, 1.54) is 109 Å². The Hall–Kier alpha value is -3.67. The van der Waals surface area contributed by atoms with Crippen LogP contribution < -0.4 is 10.6 Å². The second-order valence-electron chi connectivity index (χ2n) is 20.7.